The van der Waals surface area contributed by atoms with Crippen molar-refractivity contribution < 1.29 is 0 Å². The summed E-state index contributed by atoms with van der Waals surface area (Å²) in [6.07, 6.45) is 14.1. The Kier molecular flexibility index (Phi) is 9.89. The summed E-state index contributed by atoms with van der Waals surface area (Å²) in [6, 6.07) is 10.8. The SMILES string of the molecule is CC/C(C)=C/C=C(\CC)Cn1ccnc(NC2CCN(C/C(C)=C/c3ccccc3)CC2)c1=O. The summed E-state index contributed by atoms with van der Waals surface area (Å²) >= 11 is 0. The van der Waals surface area contributed by atoms with E-state index in [-0.39, 0.29) is 11.6 Å². The van der Waals surface area contributed by atoms with Crippen LogP contribution in [0.3, 0.4) is 0 Å². The molecule has 1 aliphatic rings. The van der Waals surface area contributed by atoms with Crippen molar-refractivity contribution in [2.45, 2.75) is 66.0 Å². The van der Waals surface area contributed by atoms with Crippen LogP contribution >= 0.6 is 0 Å². The first kappa shape index (κ1) is 25.7. The van der Waals surface area contributed by atoms with Gasteiger partial charge in [-0.25, -0.2) is 4.98 Å². The largest absolute Gasteiger partial charge is 0.363 e. The van der Waals surface area contributed by atoms with E-state index in [9.17, 15) is 4.79 Å². The van der Waals surface area contributed by atoms with E-state index in [2.05, 4.69) is 85.4 Å². The van der Waals surface area contributed by atoms with Crippen LogP contribution in [0.5, 0.6) is 0 Å². The lowest BCUT2D eigenvalue weighted by Gasteiger charge is -2.32. The average Bonchev–Trinajstić information content (AvgIpc) is 2.85. The van der Waals surface area contributed by atoms with Crippen molar-refractivity contribution in [3.05, 3.63) is 87.5 Å². The molecular weight excluding hydrogens is 420 g/mol. The van der Waals surface area contributed by atoms with Gasteiger partial charge >= 0.3 is 0 Å². The molecule has 0 radical (unpaired) electrons. The number of piperidine rings is 1. The topological polar surface area (TPSA) is 50.2 Å². The zero-order valence-corrected chi connectivity index (χ0v) is 21.3. The van der Waals surface area contributed by atoms with Gasteiger partial charge < -0.3 is 9.88 Å². The molecule has 0 unspecified atom stereocenters. The summed E-state index contributed by atoms with van der Waals surface area (Å²) in [5.74, 6) is 0.469. The molecule has 182 valence electrons. The lowest BCUT2D eigenvalue weighted by atomic mass is 10.0. The minimum Gasteiger partial charge on any atom is -0.363 e. The zero-order valence-electron chi connectivity index (χ0n) is 21.3. The monoisotopic (exact) mass is 460 g/mol. The Bertz CT molecular complexity index is 1060. The first-order chi connectivity index (χ1) is 16.5. The number of benzene rings is 1. The number of likely N-dealkylation sites (tertiary alicyclic amines) is 1. The van der Waals surface area contributed by atoms with E-state index >= 15 is 0 Å². The number of allylic oxidation sites excluding steroid dienone is 4. The summed E-state index contributed by atoms with van der Waals surface area (Å²) in [4.78, 5) is 19.9. The van der Waals surface area contributed by atoms with E-state index in [0.29, 0.717) is 12.4 Å². The average molecular weight is 461 g/mol. The maximum absolute atomic E-state index is 13.0. The van der Waals surface area contributed by atoms with Crippen molar-refractivity contribution in [1.82, 2.24) is 14.5 Å². The molecule has 1 aliphatic heterocycles. The van der Waals surface area contributed by atoms with Crippen LogP contribution in [0.15, 0.2) is 76.4 Å². The Hall–Kier alpha value is -2.92. The molecule has 0 bridgehead atoms. The van der Waals surface area contributed by atoms with Crippen LogP contribution in [0.25, 0.3) is 6.08 Å². The predicted octanol–water partition coefficient (Wildman–Crippen LogP) is 5.92. The third kappa shape index (κ3) is 7.84. The van der Waals surface area contributed by atoms with Gasteiger partial charge in [-0.2, -0.15) is 0 Å². The number of aromatic nitrogens is 2. The Morgan fingerprint density at radius 3 is 2.44 bits per heavy atom. The quantitative estimate of drug-likeness (QED) is 0.448. The number of hydrogen-bond acceptors (Lipinski definition) is 4. The minimum atomic E-state index is -0.0397. The lowest BCUT2D eigenvalue weighted by Crippen LogP contribution is -2.41. The first-order valence-corrected chi connectivity index (χ1v) is 12.6. The molecule has 1 N–H and O–H groups in total. The number of nitrogens with one attached hydrogen (secondary N) is 1. The van der Waals surface area contributed by atoms with E-state index in [1.165, 1.54) is 22.3 Å². The van der Waals surface area contributed by atoms with Crippen molar-refractivity contribution in [2.24, 2.45) is 0 Å². The van der Waals surface area contributed by atoms with Crippen LogP contribution in [0.1, 0.15) is 58.9 Å². The van der Waals surface area contributed by atoms with Crippen LogP contribution in [0, 0.1) is 0 Å². The number of hydrogen-bond donors (Lipinski definition) is 1. The van der Waals surface area contributed by atoms with Crippen LogP contribution < -0.4 is 10.9 Å². The van der Waals surface area contributed by atoms with E-state index in [1.807, 2.05) is 6.07 Å². The summed E-state index contributed by atoms with van der Waals surface area (Å²) in [5, 5.41) is 3.44. The van der Waals surface area contributed by atoms with Gasteiger partial charge in [-0.3, -0.25) is 9.69 Å². The van der Waals surface area contributed by atoms with Crippen molar-refractivity contribution in [3.63, 3.8) is 0 Å². The first-order valence-electron chi connectivity index (χ1n) is 12.6. The Balaban J connectivity index is 1.56. The van der Waals surface area contributed by atoms with Gasteiger partial charge in [-0.15, -0.1) is 0 Å². The van der Waals surface area contributed by atoms with Gasteiger partial charge in [0.15, 0.2) is 5.82 Å². The molecule has 0 atom stereocenters. The second-order valence-corrected chi connectivity index (χ2v) is 9.35. The molecule has 1 aromatic heterocycles. The molecule has 1 saturated heterocycles. The van der Waals surface area contributed by atoms with Crippen molar-refractivity contribution >= 4 is 11.9 Å². The number of anilines is 1. The molecule has 0 saturated carbocycles. The van der Waals surface area contributed by atoms with Crippen molar-refractivity contribution in [2.75, 3.05) is 25.0 Å². The van der Waals surface area contributed by atoms with Crippen LogP contribution in [0.4, 0.5) is 5.82 Å². The molecule has 0 aliphatic carbocycles. The zero-order chi connectivity index (χ0) is 24.3. The van der Waals surface area contributed by atoms with E-state index in [0.717, 1.165) is 45.3 Å². The Labute approximate surface area is 204 Å². The van der Waals surface area contributed by atoms with Gasteiger partial charge in [-0.1, -0.05) is 79.1 Å². The molecule has 2 heterocycles. The molecule has 3 rings (SSSR count). The van der Waals surface area contributed by atoms with Crippen LogP contribution in [0.2, 0.25) is 0 Å². The Morgan fingerprint density at radius 1 is 1.03 bits per heavy atom. The second kappa shape index (κ2) is 13.1. The molecule has 34 heavy (non-hydrogen) atoms. The number of nitrogens with zero attached hydrogens (tertiary/aromatic N) is 3. The molecule has 1 fully saturated rings. The van der Waals surface area contributed by atoms with Crippen molar-refractivity contribution in [3.8, 4) is 0 Å². The highest BCUT2D eigenvalue weighted by molar-refractivity contribution is 5.52. The molecule has 0 spiro atoms. The fourth-order valence-corrected chi connectivity index (χ4v) is 4.21. The molecule has 1 aromatic carbocycles. The molecule has 2 aromatic rings. The Morgan fingerprint density at radius 2 is 1.76 bits per heavy atom. The fraction of sp³-hybridized carbons (Fsp3) is 0.448. The lowest BCUT2D eigenvalue weighted by molar-refractivity contribution is 0.236. The van der Waals surface area contributed by atoms with Gasteiger partial charge in [0.2, 0.25) is 0 Å². The third-order valence-corrected chi connectivity index (χ3v) is 6.52. The van der Waals surface area contributed by atoms with Gasteiger partial charge in [-0.05, 0) is 45.1 Å². The van der Waals surface area contributed by atoms with Crippen molar-refractivity contribution in [1.29, 1.82) is 0 Å². The standard InChI is InChI=1S/C29H40N4O/c1-5-23(3)12-13-25(6-2)22-33-19-16-30-28(29(33)34)31-27-14-17-32(18-15-27)21-24(4)20-26-10-8-7-9-11-26/h7-13,16,19-20,27H,5-6,14-15,17-18,21-22H2,1-4H3,(H,30,31)/b23-12+,24-20+,25-13+. The van der Waals surface area contributed by atoms with Gasteiger partial charge in [0.05, 0.1) is 0 Å². The molecular formula is C29H40N4O. The molecule has 0 amide bonds. The van der Waals surface area contributed by atoms with Gasteiger partial charge in [0, 0.05) is 44.6 Å². The highest BCUT2D eigenvalue weighted by Crippen LogP contribution is 2.16. The molecule has 5 nitrogen and oxygen atoms in total. The highest BCUT2D eigenvalue weighted by atomic mass is 16.1. The van der Waals surface area contributed by atoms with Gasteiger partial charge in [0.1, 0.15) is 0 Å². The summed E-state index contributed by atoms with van der Waals surface area (Å²) in [5.41, 5.74) is 5.16. The second-order valence-electron chi connectivity index (χ2n) is 9.35. The van der Waals surface area contributed by atoms with E-state index in [4.69, 9.17) is 0 Å². The summed E-state index contributed by atoms with van der Waals surface area (Å²) < 4.78 is 1.77. The normalized spacial score (nSPS) is 16.6. The van der Waals surface area contributed by atoms with Crippen LogP contribution in [-0.2, 0) is 6.54 Å². The predicted molar refractivity (Wildman–Crippen MR) is 144 cm³/mol. The number of rotatable bonds is 10. The van der Waals surface area contributed by atoms with E-state index < -0.39 is 0 Å². The maximum atomic E-state index is 13.0. The van der Waals surface area contributed by atoms with Gasteiger partial charge in [0.25, 0.3) is 5.56 Å². The minimum absolute atomic E-state index is 0.0397. The van der Waals surface area contributed by atoms with Crippen LogP contribution in [-0.4, -0.2) is 40.1 Å². The summed E-state index contributed by atoms with van der Waals surface area (Å²) in [6.45, 7) is 12.2. The fourth-order valence-electron chi connectivity index (χ4n) is 4.21. The maximum Gasteiger partial charge on any atom is 0.293 e. The van der Waals surface area contributed by atoms with E-state index in [1.54, 1.807) is 17.0 Å². The summed E-state index contributed by atoms with van der Waals surface area (Å²) in [7, 11) is 0. The highest BCUT2D eigenvalue weighted by Gasteiger charge is 2.20. The third-order valence-electron chi connectivity index (χ3n) is 6.52. The smallest absolute Gasteiger partial charge is 0.293 e. The molecule has 5 heteroatoms.